The van der Waals surface area contributed by atoms with Crippen LogP contribution in [0.3, 0.4) is 0 Å². The number of rotatable bonds is 2. The first-order chi connectivity index (χ1) is 10.3. The molecule has 3 rings (SSSR count). The molecule has 0 amide bonds. The zero-order chi connectivity index (χ0) is 14.7. The van der Waals surface area contributed by atoms with Crippen molar-refractivity contribution in [3.05, 3.63) is 71.8 Å². The van der Waals surface area contributed by atoms with Crippen LogP contribution < -0.4 is 5.32 Å². The summed E-state index contributed by atoms with van der Waals surface area (Å²) in [6.07, 6.45) is 0.741. The lowest BCUT2D eigenvalue weighted by Crippen LogP contribution is -2.41. The second-order valence-corrected chi connectivity index (χ2v) is 5.60. The summed E-state index contributed by atoms with van der Waals surface area (Å²) in [4.78, 5) is 0. The molecule has 0 aliphatic carbocycles. The highest BCUT2D eigenvalue weighted by molar-refractivity contribution is 5.88. The number of nitrogens with one attached hydrogen (secondary N) is 1. The van der Waals surface area contributed by atoms with E-state index in [1.165, 1.54) is 11.1 Å². The molecular weight excluding hydrogens is 260 g/mol. The third-order valence-corrected chi connectivity index (χ3v) is 4.31. The third kappa shape index (κ3) is 2.83. The average Bonchev–Trinajstić information content (AvgIpc) is 2.56. The molecule has 2 aromatic rings. The second-order valence-electron chi connectivity index (χ2n) is 5.60. The van der Waals surface area contributed by atoms with Crippen LogP contribution >= 0.6 is 0 Å². The summed E-state index contributed by atoms with van der Waals surface area (Å²) in [6, 6.07) is 21.0. The van der Waals surface area contributed by atoms with Gasteiger partial charge in [0.1, 0.15) is 0 Å². The Kier molecular flexibility index (Phi) is 4.02. The molecule has 1 aliphatic heterocycles. The Balaban J connectivity index is 1.93. The van der Waals surface area contributed by atoms with Crippen molar-refractivity contribution in [3.63, 3.8) is 0 Å². The Morgan fingerprint density at radius 2 is 1.52 bits per heavy atom. The minimum atomic E-state index is 0.163. The molecule has 0 aromatic heterocycles. The molecule has 1 saturated heterocycles. The molecule has 2 aromatic carbocycles. The van der Waals surface area contributed by atoms with Crippen molar-refractivity contribution in [2.75, 3.05) is 0 Å². The van der Waals surface area contributed by atoms with Gasteiger partial charge in [-0.1, -0.05) is 72.7 Å². The number of benzene rings is 2. The molecule has 3 atom stereocenters. The van der Waals surface area contributed by atoms with Crippen molar-refractivity contribution in [2.45, 2.75) is 25.4 Å². The molecule has 0 spiro atoms. The van der Waals surface area contributed by atoms with Gasteiger partial charge >= 0.3 is 0 Å². The first-order valence-corrected chi connectivity index (χ1v) is 7.36. The first-order valence-electron chi connectivity index (χ1n) is 7.36. The van der Waals surface area contributed by atoms with Gasteiger partial charge in [0, 0.05) is 24.4 Å². The summed E-state index contributed by atoms with van der Waals surface area (Å²) in [5.74, 6) is 0.178. The summed E-state index contributed by atoms with van der Waals surface area (Å²) in [6.45, 7) is 2.11. The van der Waals surface area contributed by atoms with Gasteiger partial charge < -0.3 is 10.5 Å². The topological polar surface area (TPSA) is 44.6 Å². The highest BCUT2D eigenvalue weighted by Crippen LogP contribution is 2.35. The molecular formula is C18H20N2O. The van der Waals surface area contributed by atoms with E-state index < -0.39 is 0 Å². The van der Waals surface area contributed by atoms with Crippen LogP contribution in [0.25, 0.3) is 0 Å². The Hall–Kier alpha value is -2.13. The summed E-state index contributed by atoms with van der Waals surface area (Å²) < 4.78 is 0. The lowest BCUT2D eigenvalue weighted by molar-refractivity contribution is 0.294. The number of piperidine rings is 1. The highest BCUT2D eigenvalue weighted by Gasteiger charge is 2.33. The molecule has 1 heterocycles. The minimum absolute atomic E-state index is 0.163. The van der Waals surface area contributed by atoms with Gasteiger partial charge in [-0.3, -0.25) is 0 Å². The van der Waals surface area contributed by atoms with Gasteiger partial charge in [-0.25, -0.2) is 0 Å². The van der Waals surface area contributed by atoms with Crippen molar-refractivity contribution in [2.24, 2.45) is 11.1 Å². The van der Waals surface area contributed by atoms with E-state index in [1.807, 2.05) is 36.4 Å². The zero-order valence-electron chi connectivity index (χ0n) is 12.1. The smallest absolute Gasteiger partial charge is 0.0636 e. The predicted molar refractivity (Wildman–Crippen MR) is 84.5 cm³/mol. The largest absolute Gasteiger partial charge is 0.411 e. The van der Waals surface area contributed by atoms with Crippen molar-refractivity contribution in [1.82, 2.24) is 5.32 Å². The van der Waals surface area contributed by atoms with E-state index in [-0.39, 0.29) is 18.0 Å². The zero-order valence-corrected chi connectivity index (χ0v) is 12.1. The minimum Gasteiger partial charge on any atom is -0.411 e. The van der Waals surface area contributed by atoms with E-state index >= 15 is 0 Å². The van der Waals surface area contributed by atoms with E-state index in [2.05, 4.69) is 41.7 Å². The first kappa shape index (κ1) is 13.8. The Morgan fingerprint density at radius 1 is 0.952 bits per heavy atom. The number of oxime groups is 1. The Labute approximate surface area is 125 Å². The van der Waals surface area contributed by atoms with E-state index in [0.717, 1.165) is 12.1 Å². The van der Waals surface area contributed by atoms with E-state index in [4.69, 9.17) is 0 Å². The molecule has 0 radical (unpaired) electrons. The number of hydrogen-bond acceptors (Lipinski definition) is 3. The van der Waals surface area contributed by atoms with Crippen molar-refractivity contribution in [1.29, 1.82) is 0 Å². The maximum atomic E-state index is 9.35. The average molecular weight is 280 g/mol. The van der Waals surface area contributed by atoms with Crippen LogP contribution in [0.15, 0.2) is 65.8 Å². The van der Waals surface area contributed by atoms with Crippen molar-refractivity contribution >= 4 is 5.71 Å². The van der Waals surface area contributed by atoms with Gasteiger partial charge in [0.15, 0.2) is 0 Å². The lowest BCUT2D eigenvalue weighted by Gasteiger charge is -2.37. The van der Waals surface area contributed by atoms with Gasteiger partial charge in [-0.15, -0.1) is 0 Å². The molecule has 1 fully saturated rings. The molecule has 21 heavy (non-hydrogen) atoms. The van der Waals surface area contributed by atoms with Crippen LogP contribution in [0.2, 0.25) is 0 Å². The number of hydrogen-bond donors (Lipinski definition) is 2. The molecule has 0 bridgehead atoms. The van der Waals surface area contributed by atoms with Crippen LogP contribution in [0, 0.1) is 5.92 Å². The third-order valence-electron chi connectivity index (χ3n) is 4.31. The van der Waals surface area contributed by atoms with Crippen LogP contribution in [0.4, 0.5) is 0 Å². The van der Waals surface area contributed by atoms with Crippen molar-refractivity contribution in [3.8, 4) is 0 Å². The molecule has 3 heteroatoms. The molecule has 108 valence electrons. The molecule has 3 nitrogen and oxygen atoms in total. The summed E-state index contributed by atoms with van der Waals surface area (Å²) >= 11 is 0. The molecule has 0 saturated carbocycles. The molecule has 2 N–H and O–H groups in total. The standard InChI is InChI=1S/C18H20N2O/c1-13-16(20-21)12-17(14-8-4-2-5-9-14)19-18(13)15-10-6-3-7-11-15/h2-11,13,17-19,21H,12H2,1H3/b20-16-/t13-,17-,18+/m0/s1. The maximum absolute atomic E-state index is 9.35. The molecule has 0 unspecified atom stereocenters. The monoisotopic (exact) mass is 280 g/mol. The predicted octanol–water partition coefficient (Wildman–Crippen LogP) is 3.93. The van der Waals surface area contributed by atoms with Gasteiger partial charge in [0.2, 0.25) is 0 Å². The normalized spacial score (nSPS) is 27.7. The van der Waals surface area contributed by atoms with Gasteiger partial charge in [-0.05, 0) is 11.1 Å². The Bertz CT molecular complexity index is 610. The van der Waals surface area contributed by atoms with Gasteiger partial charge in [-0.2, -0.15) is 0 Å². The van der Waals surface area contributed by atoms with Crippen LogP contribution in [0.1, 0.15) is 36.6 Å². The van der Waals surface area contributed by atoms with E-state index in [1.54, 1.807) is 0 Å². The van der Waals surface area contributed by atoms with E-state index in [9.17, 15) is 5.21 Å². The van der Waals surface area contributed by atoms with Crippen LogP contribution in [-0.4, -0.2) is 10.9 Å². The summed E-state index contributed by atoms with van der Waals surface area (Å²) in [7, 11) is 0. The Morgan fingerprint density at radius 3 is 2.10 bits per heavy atom. The summed E-state index contributed by atoms with van der Waals surface area (Å²) in [5.41, 5.74) is 3.31. The number of nitrogens with zero attached hydrogens (tertiary/aromatic N) is 1. The summed E-state index contributed by atoms with van der Waals surface area (Å²) in [5, 5.41) is 16.6. The fourth-order valence-electron chi connectivity index (χ4n) is 3.08. The fraction of sp³-hybridized carbons (Fsp3) is 0.278. The van der Waals surface area contributed by atoms with Crippen LogP contribution in [-0.2, 0) is 0 Å². The van der Waals surface area contributed by atoms with Crippen LogP contribution in [0.5, 0.6) is 0 Å². The van der Waals surface area contributed by atoms with Gasteiger partial charge in [0.05, 0.1) is 5.71 Å². The quantitative estimate of drug-likeness (QED) is 0.646. The van der Waals surface area contributed by atoms with Crippen molar-refractivity contribution < 1.29 is 5.21 Å². The SMILES string of the molecule is C[C@H]1/C(=N\O)C[C@@H](c2ccccc2)N[C@H]1c1ccccc1. The maximum Gasteiger partial charge on any atom is 0.0636 e. The fourth-order valence-corrected chi connectivity index (χ4v) is 3.08. The molecule has 1 aliphatic rings. The highest BCUT2D eigenvalue weighted by atomic mass is 16.4. The second kappa shape index (κ2) is 6.10. The lowest BCUT2D eigenvalue weighted by atomic mass is 9.81. The van der Waals surface area contributed by atoms with E-state index in [0.29, 0.717) is 0 Å². The van der Waals surface area contributed by atoms with Gasteiger partial charge in [0.25, 0.3) is 0 Å².